The van der Waals surface area contributed by atoms with Crippen LogP contribution in [0.15, 0.2) is 82.6 Å². The second kappa shape index (κ2) is 5.98. The Morgan fingerprint density at radius 1 is 0.760 bits per heavy atom. The Morgan fingerprint density at radius 2 is 1.44 bits per heavy atom. The van der Waals surface area contributed by atoms with Crippen molar-refractivity contribution in [2.75, 3.05) is 17.3 Å². The maximum atomic E-state index is 6.19. The summed E-state index contributed by atoms with van der Waals surface area (Å²) in [6.07, 6.45) is 0. The minimum absolute atomic E-state index is 0.597. The van der Waals surface area contributed by atoms with Gasteiger partial charge in [-0.3, -0.25) is 0 Å². The van der Waals surface area contributed by atoms with Gasteiger partial charge in [-0.05, 0) is 28.3 Å². The van der Waals surface area contributed by atoms with Gasteiger partial charge < -0.3 is 4.90 Å². The van der Waals surface area contributed by atoms with E-state index in [0.29, 0.717) is 5.88 Å². The van der Waals surface area contributed by atoms with Gasteiger partial charge in [0.1, 0.15) is 0 Å². The van der Waals surface area contributed by atoms with Crippen molar-refractivity contribution in [2.45, 2.75) is 9.79 Å². The van der Waals surface area contributed by atoms with Gasteiger partial charge in [0.05, 0.1) is 11.4 Å². The Hall–Kier alpha value is -2.16. The molecular formula is C22H16ClNS. The number of rotatable bonds is 2. The van der Waals surface area contributed by atoms with Gasteiger partial charge in [-0.2, -0.15) is 0 Å². The molecule has 0 saturated carbocycles. The highest BCUT2D eigenvalue weighted by Crippen LogP contribution is 2.52. The summed E-state index contributed by atoms with van der Waals surface area (Å²) in [4.78, 5) is 5.02. The molecule has 122 valence electrons. The number of halogens is 1. The van der Waals surface area contributed by atoms with Crippen LogP contribution in [0.4, 0.5) is 11.4 Å². The Kier molecular flexibility index (Phi) is 3.61. The maximum absolute atomic E-state index is 6.19. The molecule has 4 aromatic rings. The van der Waals surface area contributed by atoms with Gasteiger partial charge in [0, 0.05) is 27.6 Å². The zero-order chi connectivity index (χ0) is 16.8. The van der Waals surface area contributed by atoms with E-state index in [1.165, 1.54) is 42.7 Å². The van der Waals surface area contributed by atoms with Crippen LogP contribution in [0.1, 0.15) is 0 Å². The van der Waals surface area contributed by atoms with Crippen molar-refractivity contribution in [2.24, 2.45) is 0 Å². The molecule has 5 rings (SSSR count). The van der Waals surface area contributed by atoms with Crippen molar-refractivity contribution in [3.05, 3.63) is 72.8 Å². The fourth-order valence-electron chi connectivity index (χ4n) is 3.69. The molecule has 0 spiro atoms. The highest BCUT2D eigenvalue weighted by atomic mass is 35.5. The van der Waals surface area contributed by atoms with Gasteiger partial charge in [-0.15, -0.1) is 11.6 Å². The summed E-state index contributed by atoms with van der Waals surface area (Å²) in [6, 6.07) is 26.1. The minimum Gasteiger partial charge on any atom is -0.338 e. The van der Waals surface area contributed by atoms with E-state index in [1.807, 2.05) is 11.8 Å². The summed E-state index contributed by atoms with van der Waals surface area (Å²) in [5.41, 5.74) is 2.54. The quantitative estimate of drug-likeness (QED) is 0.360. The number of nitrogens with zero attached hydrogens (tertiary/aromatic N) is 1. The van der Waals surface area contributed by atoms with Gasteiger partial charge >= 0.3 is 0 Å². The van der Waals surface area contributed by atoms with Gasteiger partial charge in [0.15, 0.2) is 0 Å². The van der Waals surface area contributed by atoms with E-state index in [1.54, 1.807) is 0 Å². The number of alkyl halides is 1. The second-order valence-corrected chi connectivity index (χ2v) is 7.64. The van der Waals surface area contributed by atoms with E-state index in [2.05, 4.69) is 77.7 Å². The molecule has 3 heteroatoms. The molecule has 25 heavy (non-hydrogen) atoms. The molecule has 0 unspecified atom stereocenters. The third-order valence-electron chi connectivity index (χ3n) is 4.80. The lowest BCUT2D eigenvalue weighted by atomic mass is 10.1. The molecule has 0 radical (unpaired) electrons. The summed E-state index contributed by atoms with van der Waals surface area (Å²) >= 11 is 8.06. The molecule has 0 amide bonds. The van der Waals surface area contributed by atoms with Crippen LogP contribution in [-0.2, 0) is 0 Å². The largest absolute Gasteiger partial charge is 0.338 e. The lowest BCUT2D eigenvalue weighted by molar-refractivity contribution is 0.996. The number of hydrogen-bond acceptors (Lipinski definition) is 2. The normalized spacial score (nSPS) is 13.1. The Morgan fingerprint density at radius 3 is 2.24 bits per heavy atom. The van der Waals surface area contributed by atoms with Gasteiger partial charge in [-0.1, -0.05) is 72.4 Å². The Bertz CT molecular complexity index is 1110. The molecule has 1 aliphatic rings. The molecule has 1 heterocycles. The van der Waals surface area contributed by atoms with Crippen molar-refractivity contribution < 1.29 is 0 Å². The number of benzene rings is 4. The first-order valence-corrected chi connectivity index (χ1v) is 9.77. The molecule has 0 fully saturated rings. The molecular weight excluding hydrogens is 346 g/mol. The first kappa shape index (κ1) is 15.1. The third kappa shape index (κ3) is 2.32. The molecule has 1 nitrogen and oxygen atoms in total. The van der Waals surface area contributed by atoms with Gasteiger partial charge in [-0.25, -0.2) is 0 Å². The topological polar surface area (TPSA) is 3.24 Å². The lowest BCUT2D eigenvalue weighted by Crippen LogP contribution is -2.23. The third-order valence-corrected chi connectivity index (χ3v) is 6.15. The van der Waals surface area contributed by atoms with Crippen LogP contribution in [0.3, 0.4) is 0 Å². The van der Waals surface area contributed by atoms with E-state index >= 15 is 0 Å². The molecule has 0 saturated heterocycles. The highest BCUT2D eigenvalue weighted by molar-refractivity contribution is 8.00. The van der Waals surface area contributed by atoms with Crippen molar-refractivity contribution in [1.82, 2.24) is 0 Å². The molecule has 4 aromatic carbocycles. The summed E-state index contributed by atoms with van der Waals surface area (Å²) in [5.74, 6) is 0.597. The SMILES string of the molecule is ClCCN1c2ccc3ccccc3c2Sc2ccc3ccccc3c21. The standard InChI is InChI=1S/C22H16ClNS/c23-13-14-24-19-11-9-16-6-2-4-8-18(16)22(19)25-20-12-10-15-5-1-3-7-17(15)21(20)24/h1-12H,13-14H2. The molecule has 0 bridgehead atoms. The maximum Gasteiger partial charge on any atom is 0.0632 e. The average Bonchev–Trinajstić information content (AvgIpc) is 2.67. The Labute approximate surface area is 156 Å². The monoisotopic (exact) mass is 361 g/mol. The molecule has 0 atom stereocenters. The Balaban J connectivity index is 1.83. The zero-order valence-electron chi connectivity index (χ0n) is 13.6. The predicted molar refractivity (Wildman–Crippen MR) is 110 cm³/mol. The summed E-state index contributed by atoms with van der Waals surface area (Å²) < 4.78 is 0. The van der Waals surface area contributed by atoms with Crippen LogP contribution in [0.2, 0.25) is 0 Å². The summed E-state index contributed by atoms with van der Waals surface area (Å²) in [6.45, 7) is 0.800. The smallest absolute Gasteiger partial charge is 0.0632 e. The number of hydrogen-bond donors (Lipinski definition) is 0. The fourth-order valence-corrected chi connectivity index (χ4v) is 5.11. The first-order valence-electron chi connectivity index (χ1n) is 8.42. The number of anilines is 2. The van der Waals surface area contributed by atoms with Crippen molar-refractivity contribution in [3.63, 3.8) is 0 Å². The predicted octanol–water partition coefficient (Wildman–Crippen LogP) is 6.83. The second-order valence-electron chi connectivity index (χ2n) is 6.21. The van der Waals surface area contributed by atoms with Gasteiger partial charge in [0.25, 0.3) is 0 Å². The van der Waals surface area contributed by atoms with Crippen LogP contribution < -0.4 is 4.90 Å². The van der Waals surface area contributed by atoms with Crippen LogP contribution in [0, 0.1) is 0 Å². The summed E-state index contributed by atoms with van der Waals surface area (Å²) in [7, 11) is 0. The van der Waals surface area contributed by atoms with Crippen LogP contribution in [-0.4, -0.2) is 12.4 Å². The van der Waals surface area contributed by atoms with Crippen LogP contribution >= 0.6 is 23.4 Å². The molecule has 0 N–H and O–H groups in total. The fraction of sp³-hybridized carbons (Fsp3) is 0.0909. The van der Waals surface area contributed by atoms with E-state index < -0.39 is 0 Å². The first-order chi connectivity index (χ1) is 12.4. The van der Waals surface area contributed by atoms with E-state index in [-0.39, 0.29) is 0 Å². The lowest BCUT2D eigenvalue weighted by Gasteiger charge is -2.34. The van der Waals surface area contributed by atoms with Crippen LogP contribution in [0.5, 0.6) is 0 Å². The molecule has 0 aliphatic carbocycles. The minimum atomic E-state index is 0.597. The van der Waals surface area contributed by atoms with Crippen LogP contribution in [0.25, 0.3) is 21.5 Å². The number of fused-ring (bicyclic) bond motifs is 6. The van der Waals surface area contributed by atoms with Gasteiger partial charge in [0.2, 0.25) is 0 Å². The van der Waals surface area contributed by atoms with E-state index in [0.717, 1.165) is 6.54 Å². The van der Waals surface area contributed by atoms with E-state index in [9.17, 15) is 0 Å². The van der Waals surface area contributed by atoms with Crippen molar-refractivity contribution in [1.29, 1.82) is 0 Å². The average molecular weight is 362 g/mol. The summed E-state index contributed by atoms with van der Waals surface area (Å²) in [5, 5.41) is 5.15. The van der Waals surface area contributed by atoms with Crippen molar-refractivity contribution in [3.8, 4) is 0 Å². The van der Waals surface area contributed by atoms with Crippen molar-refractivity contribution >= 4 is 56.3 Å². The molecule has 1 aliphatic heterocycles. The highest BCUT2D eigenvalue weighted by Gasteiger charge is 2.26. The van der Waals surface area contributed by atoms with E-state index in [4.69, 9.17) is 11.6 Å². The molecule has 0 aromatic heterocycles. The zero-order valence-corrected chi connectivity index (χ0v) is 15.1.